The van der Waals surface area contributed by atoms with Gasteiger partial charge in [0.15, 0.2) is 0 Å². The summed E-state index contributed by atoms with van der Waals surface area (Å²) in [7, 11) is 0. The molecule has 0 radical (unpaired) electrons. The lowest BCUT2D eigenvalue weighted by Crippen LogP contribution is -2.15. The first-order valence-corrected chi connectivity index (χ1v) is 5.50. The monoisotopic (exact) mass is 201 g/mol. The van der Waals surface area contributed by atoms with Crippen molar-refractivity contribution in [3.8, 4) is 12.3 Å². The highest BCUT2D eigenvalue weighted by molar-refractivity contribution is 5.47. The quantitative estimate of drug-likeness (QED) is 0.733. The number of hydrogen-bond acceptors (Lipinski definition) is 1. The standard InChI is InChI=1S/C14H19N/c1-5-13(6-2)15-14-9-7-12(8-10-14)11(3)4/h1,7-11,13,15H,6H2,2-4H3. The van der Waals surface area contributed by atoms with Crippen molar-refractivity contribution in [1.29, 1.82) is 0 Å². The smallest absolute Gasteiger partial charge is 0.0871 e. The molecule has 0 saturated carbocycles. The summed E-state index contributed by atoms with van der Waals surface area (Å²) in [4.78, 5) is 0. The van der Waals surface area contributed by atoms with Crippen LogP contribution in [0.25, 0.3) is 0 Å². The maximum Gasteiger partial charge on any atom is 0.0871 e. The van der Waals surface area contributed by atoms with Gasteiger partial charge in [-0.3, -0.25) is 0 Å². The third-order valence-electron chi connectivity index (χ3n) is 2.53. The minimum Gasteiger partial charge on any atom is -0.372 e. The maximum atomic E-state index is 5.40. The lowest BCUT2D eigenvalue weighted by atomic mass is 10.0. The number of hydrogen-bond donors (Lipinski definition) is 1. The Morgan fingerprint density at radius 1 is 1.27 bits per heavy atom. The molecule has 0 heterocycles. The van der Waals surface area contributed by atoms with Crippen LogP contribution in [0, 0.1) is 12.3 Å². The molecular formula is C14H19N. The van der Waals surface area contributed by atoms with E-state index in [1.807, 2.05) is 0 Å². The average Bonchev–Trinajstić information content (AvgIpc) is 2.26. The zero-order chi connectivity index (χ0) is 11.3. The highest BCUT2D eigenvalue weighted by Gasteiger charge is 2.02. The van der Waals surface area contributed by atoms with Crippen LogP contribution in [0.3, 0.4) is 0 Å². The fraction of sp³-hybridized carbons (Fsp3) is 0.429. The predicted octanol–water partition coefficient (Wildman–Crippen LogP) is 3.63. The van der Waals surface area contributed by atoms with E-state index in [1.165, 1.54) is 5.56 Å². The third kappa shape index (κ3) is 3.32. The summed E-state index contributed by atoms with van der Waals surface area (Å²) in [6.07, 6.45) is 6.34. The Morgan fingerprint density at radius 2 is 1.87 bits per heavy atom. The molecule has 80 valence electrons. The van der Waals surface area contributed by atoms with Crippen LogP contribution in [-0.4, -0.2) is 6.04 Å². The summed E-state index contributed by atoms with van der Waals surface area (Å²) in [6, 6.07) is 8.62. The van der Waals surface area contributed by atoms with Crippen LogP contribution < -0.4 is 5.32 Å². The van der Waals surface area contributed by atoms with E-state index in [9.17, 15) is 0 Å². The Hall–Kier alpha value is -1.42. The highest BCUT2D eigenvalue weighted by atomic mass is 14.9. The van der Waals surface area contributed by atoms with Crippen LogP contribution >= 0.6 is 0 Å². The van der Waals surface area contributed by atoms with E-state index >= 15 is 0 Å². The molecule has 0 aliphatic heterocycles. The van der Waals surface area contributed by atoms with E-state index in [0.717, 1.165) is 12.1 Å². The molecule has 1 heteroatoms. The molecule has 0 bridgehead atoms. The molecule has 0 saturated heterocycles. The van der Waals surface area contributed by atoms with Crippen molar-refractivity contribution >= 4 is 5.69 Å². The average molecular weight is 201 g/mol. The van der Waals surface area contributed by atoms with Gasteiger partial charge in [0.25, 0.3) is 0 Å². The summed E-state index contributed by atoms with van der Waals surface area (Å²) in [5, 5.41) is 3.31. The molecule has 0 amide bonds. The molecule has 1 atom stereocenters. The first-order valence-electron chi connectivity index (χ1n) is 5.50. The molecule has 0 aliphatic rings. The summed E-state index contributed by atoms with van der Waals surface area (Å²) in [5.74, 6) is 3.30. The maximum absolute atomic E-state index is 5.40. The second kappa shape index (κ2) is 5.46. The van der Waals surface area contributed by atoms with Gasteiger partial charge >= 0.3 is 0 Å². The van der Waals surface area contributed by atoms with E-state index < -0.39 is 0 Å². The topological polar surface area (TPSA) is 12.0 Å². The fourth-order valence-electron chi connectivity index (χ4n) is 1.43. The Morgan fingerprint density at radius 3 is 2.27 bits per heavy atom. The zero-order valence-electron chi connectivity index (χ0n) is 9.75. The minimum absolute atomic E-state index is 0.134. The number of terminal acetylenes is 1. The van der Waals surface area contributed by atoms with Gasteiger partial charge in [-0.25, -0.2) is 0 Å². The van der Waals surface area contributed by atoms with Crippen molar-refractivity contribution < 1.29 is 0 Å². The lowest BCUT2D eigenvalue weighted by Gasteiger charge is -2.13. The van der Waals surface area contributed by atoms with Gasteiger partial charge in [0.1, 0.15) is 0 Å². The second-order valence-corrected chi connectivity index (χ2v) is 4.05. The molecular weight excluding hydrogens is 182 g/mol. The van der Waals surface area contributed by atoms with Crippen LogP contribution in [-0.2, 0) is 0 Å². The van der Waals surface area contributed by atoms with Crippen molar-refractivity contribution in [3.63, 3.8) is 0 Å². The minimum atomic E-state index is 0.134. The molecule has 15 heavy (non-hydrogen) atoms. The summed E-state index contributed by atoms with van der Waals surface area (Å²) in [5.41, 5.74) is 2.46. The number of rotatable bonds is 4. The van der Waals surface area contributed by atoms with Gasteiger partial charge in [-0.2, -0.15) is 0 Å². The highest BCUT2D eigenvalue weighted by Crippen LogP contribution is 2.17. The second-order valence-electron chi connectivity index (χ2n) is 4.05. The summed E-state index contributed by atoms with van der Waals surface area (Å²) >= 11 is 0. The molecule has 0 fully saturated rings. The van der Waals surface area contributed by atoms with Gasteiger partial charge in [0.05, 0.1) is 6.04 Å². The summed E-state index contributed by atoms with van der Waals surface area (Å²) < 4.78 is 0. The van der Waals surface area contributed by atoms with Crippen molar-refractivity contribution in [2.75, 3.05) is 5.32 Å². The van der Waals surface area contributed by atoms with Gasteiger partial charge in [0, 0.05) is 5.69 Å². The first kappa shape index (κ1) is 11.7. The number of anilines is 1. The molecule has 1 aromatic rings. The molecule has 0 spiro atoms. The van der Waals surface area contributed by atoms with Gasteiger partial charge in [0.2, 0.25) is 0 Å². The van der Waals surface area contributed by atoms with E-state index in [0.29, 0.717) is 5.92 Å². The molecule has 1 aromatic carbocycles. The normalized spacial score (nSPS) is 12.2. The fourth-order valence-corrected chi connectivity index (χ4v) is 1.43. The summed E-state index contributed by atoms with van der Waals surface area (Å²) in [6.45, 7) is 6.47. The Labute approximate surface area is 92.9 Å². The lowest BCUT2D eigenvalue weighted by molar-refractivity contribution is 0.853. The SMILES string of the molecule is C#CC(CC)Nc1ccc(C(C)C)cc1. The van der Waals surface area contributed by atoms with Crippen molar-refractivity contribution in [1.82, 2.24) is 0 Å². The van der Waals surface area contributed by atoms with Crippen molar-refractivity contribution in [2.45, 2.75) is 39.2 Å². The molecule has 1 rings (SSSR count). The van der Waals surface area contributed by atoms with Gasteiger partial charge in [-0.15, -0.1) is 6.42 Å². The van der Waals surface area contributed by atoms with E-state index in [1.54, 1.807) is 0 Å². The van der Waals surface area contributed by atoms with Crippen LogP contribution in [0.1, 0.15) is 38.7 Å². The van der Waals surface area contributed by atoms with Crippen LogP contribution in [0.4, 0.5) is 5.69 Å². The molecule has 0 aromatic heterocycles. The van der Waals surface area contributed by atoms with Crippen LogP contribution in [0.2, 0.25) is 0 Å². The van der Waals surface area contributed by atoms with E-state index in [-0.39, 0.29) is 6.04 Å². The first-order chi connectivity index (χ1) is 7.17. The zero-order valence-corrected chi connectivity index (χ0v) is 9.75. The molecule has 1 nitrogen and oxygen atoms in total. The van der Waals surface area contributed by atoms with Gasteiger partial charge in [-0.1, -0.05) is 38.8 Å². The van der Waals surface area contributed by atoms with Gasteiger partial charge < -0.3 is 5.32 Å². The Bertz CT molecular complexity index is 329. The third-order valence-corrected chi connectivity index (χ3v) is 2.53. The van der Waals surface area contributed by atoms with Gasteiger partial charge in [-0.05, 0) is 30.0 Å². The predicted molar refractivity (Wildman–Crippen MR) is 67.1 cm³/mol. The Balaban J connectivity index is 2.69. The van der Waals surface area contributed by atoms with Crippen LogP contribution in [0.15, 0.2) is 24.3 Å². The largest absolute Gasteiger partial charge is 0.372 e. The van der Waals surface area contributed by atoms with Crippen molar-refractivity contribution in [2.24, 2.45) is 0 Å². The Kier molecular flexibility index (Phi) is 4.24. The van der Waals surface area contributed by atoms with E-state index in [2.05, 4.69) is 56.3 Å². The number of nitrogens with one attached hydrogen (secondary N) is 1. The van der Waals surface area contributed by atoms with Crippen LogP contribution in [0.5, 0.6) is 0 Å². The van der Waals surface area contributed by atoms with E-state index in [4.69, 9.17) is 6.42 Å². The molecule has 1 N–H and O–H groups in total. The number of benzene rings is 1. The molecule has 1 unspecified atom stereocenters. The van der Waals surface area contributed by atoms with Crippen molar-refractivity contribution in [3.05, 3.63) is 29.8 Å². The molecule has 0 aliphatic carbocycles.